The van der Waals surface area contributed by atoms with Gasteiger partial charge in [0.15, 0.2) is 5.69 Å². The summed E-state index contributed by atoms with van der Waals surface area (Å²) in [6.07, 6.45) is 1.55. The fraction of sp³-hybridized carbons (Fsp3) is 0.0435. The molecule has 0 spiro atoms. The van der Waals surface area contributed by atoms with Gasteiger partial charge in [-0.25, -0.2) is 10.1 Å². The maximum Gasteiger partial charge on any atom is 0.292 e. The van der Waals surface area contributed by atoms with Crippen LogP contribution in [0.2, 0.25) is 0 Å². The fourth-order valence-electron chi connectivity index (χ4n) is 3.07. The van der Waals surface area contributed by atoms with Gasteiger partial charge in [-0.15, -0.1) is 0 Å². The maximum atomic E-state index is 12.9. The lowest BCUT2D eigenvalue weighted by Gasteiger charge is -2.10. The molecule has 1 heterocycles. The van der Waals surface area contributed by atoms with E-state index in [1.807, 2.05) is 54.6 Å². The maximum absolute atomic E-state index is 12.9. The van der Waals surface area contributed by atoms with Crippen molar-refractivity contribution in [3.63, 3.8) is 0 Å². The standard InChI is InChI=1S/C23H17BrN4O2/c24-18-10-6-9-17(13-18)14-25-26-22(29)21-19-11-4-5-12-20(19)23(30)28(27-21)15-16-7-2-1-3-8-16/h1-14H,15H2,(H,26,29). The van der Waals surface area contributed by atoms with E-state index >= 15 is 0 Å². The summed E-state index contributed by atoms with van der Waals surface area (Å²) in [6.45, 7) is 0.270. The Hall–Kier alpha value is -3.58. The Morgan fingerprint density at radius 3 is 2.50 bits per heavy atom. The molecule has 1 aromatic heterocycles. The van der Waals surface area contributed by atoms with Crippen LogP contribution in [0.15, 0.2) is 93.2 Å². The predicted molar refractivity (Wildman–Crippen MR) is 121 cm³/mol. The summed E-state index contributed by atoms with van der Waals surface area (Å²) in [6, 6.07) is 24.0. The Kier molecular flexibility index (Phi) is 5.81. The van der Waals surface area contributed by atoms with E-state index in [1.165, 1.54) is 4.68 Å². The third-order valence-electron chi connectivity index (χ3n) is 4.49. The number of nitrogens with zero attached hydrogens (tertiary/aromatic N) is 3. The summed E-state index contributed by atoms with van der Waals surface area (Å²) >= 11 is 3.40. The molecule has 7 heteroatoms. The first-order valence-electron chi connectivity index (χ1n) is 9.24. The van der Waals surface area contributed by atoms with Gasteiger partial charge in [0, 0.05) is 9.86 Å². The smallest absolute Gasteiger partial charge is 0.267 e. The molecule has 0 aliphatic heterocycles. The van der Waals surface area contributed by atoms with Crippen LogP contribution >= 0.6 is 15.9 Å². The molecule has 0 saturated carbocycles. The van der Waals surface area contributed by atoms with E-state index < -0.39 is 5.91 Å². The largest absolute Gasteiger partial charge is 0.292 e. The molecule has 0 bridgehead atoms. The van der Waals surface area contributed by atoms with E-state index in [9.17, 15) is 9.59 Å². The Morgan fingerprint density at radius 1 is 1.00 bits per heavy atom. The molecule has 6 nitrogen and oxygen atoms in total. The second kappa shape index (κ2) is 8.84. The zero-order chi connectivity index (χ0) is 20.9. The average Bonchev–Trinajstić information content (AvgIpc) is 2.76. The number of halogens is 1. The number of benzene rings is 3. The summed E-state index contributed by atoms with van der Waals surface area (Å²) in [5.41, 5.74) is 4.15. The Labute approximate surface area is 181 Å². The van der Waals surface area contributed by atoms with Crippen LogP contribution in [-0.2, 0) is 6.54 Å². The number of hydrogen-bond acceptors (Lipinski definition) is 4. The topological polar surface area (TPSA) is 76.3 Å². The van der Waals surface area contributed by atoms with Crippen molar-refractivity contribution in [2.24, 2.45) is 5.10 Å². The van der Waals surface area contributed by atoms with Gasteiger partial charge in [0.25, 0.3) is 11.5 Å². The minimum Gasteiger partial charge on any atom is -0.267 e. The lowest BCUT2D eigenvalue weighted by Crippen LogP contribution is -2.29. The molecule has 30 heavy (non-hydrogen) atoms. The third kappa shape index (κ3) is 4.36. The molecule has 4 rings (SSSR count). The lowest BCUT2D eigenvalue weighted by molar-refractivity contribution is 0.0949. The van der Waals surface area contributed by atoms with Gasteiger partial charge >= 0.3 is 0 Å². The molecular weight excluding hydrogens is 444 g/mol. The van der Waals surface area contributed by atoms with Gasteiger partial charge in [-0.05, 0) is 29.3 Å². The molecule has 4 aromatic rings. The minimum absolute atomic E-state index is 0.146. The van der Waals surface area contributed by atoms with Crippen LogP contribution in [0.3, 0.4) is 0 Å². The molecule has 0 unspecified atom stereocenters. The van der Waals surface area contributed by atoms with Crippen molar-refractivity contribution >= 4 is 38.8 Å². The summed E-state index contributed by atoms with van der Waals surface area (Å²) in [7, 11) is 0. The van der Waals surface area contributed by atoms with E-state index in [2.05, 4.69) is 31.6 Å². The van der Waals surface area contributed by atoms with Crippen LogP contribution in [0.1, 0.15) is 21.6 Å². The summed E-state index contributed by atoms with van der Waals surface area (Å²) in [5.74, 6) is -0.487. The molecule has 0 aliphatic carbocycles. The van der Waals surface area contributed by atoms with Crippen LogP contribution in [-0.4, -0.2) is 21.9 Å². The Morgan fingerprint density at radius 2 is 1.73 bits per heavy atom. The average molecular weight is 461 g/mol. The number of carbonyl (C=O) groups is 1. The number of nitrogens with one attached hydrogen (secondary N) is 1. The van der Waals surface area contributed by atoms with Crippen molar-refractivity contribution in [1.82, 2.24) is 15.2 Å². The van der Waals surface area contributed by atoms with Crippen LogP contribution < -0.4 is 11.0 Å². The number of rotatable bonds is 5. The fourth-order valence-corrected chi connectivity index (χ4v) is 3.49. The molecule has 0 aliphatic rings. The highest BCUT2D eigenvalue weighted by molar-refractivity contribution is 9.10. The number of hydrazone groups is 1. The molecule has 148 valence electrons. The zero-order valence-corrected chi connectivity index (χ0v) is 17.4. The zero-order valence-electron chi connectivity index (χ0n) is 15.8. The first-order valence-corrected chi connectivity index (χ1v) is 10.0. The monoisotopic (exact) mass is 460 g/mol. The Bertz CT molecular complexity index is 1300. The molecule has 0 saturated heterocycles. The normalized spacial score (nSPS) is 11.1. The first-order chi connectivity index (χ1) is 14.6. The van der Waals surface area contributed by atoms with Gasteiger partial charge in [0.2, 0.25) is 0 Å². The van der Waals surface area contributed by atoms with E-state index in [0.29, 0.717) is 10.8 Å². The van der Waals surface area contributed by atoms with Crippen LogP contribution in [0.5, 0.6) is 0 Å². The van der Waals surface area contributed by atoms with Gasteiger partial charge in [0.1, 0.15) is 0 Å². The molecule has 3 aromatic carbocycles. The second-order valence-electron chi connectivity index (χ2n) is 6.60. The van der Waals surface area contributed by atoms with Crippen molar-refractivity contribution in [3.05, 3.63) is 111 Å². The number of amides is 1. The molecule has 0 radical (unpaired) electrons. The van der Waals surface area contributed by atoms with Crippen molar-refractivity contribution in [2.45, 2.75) is 6.54 Å². The van der Waals surface area contributed by atoms with Crippen LogP contribution in [0, 0.1) is 0 Å². The summed E-state index contributed by atoms with van der Waals surface area (Å²) < 4.78 is 2.23. The van der Waals surface area contributed by atoms with E-state index in [1.54, 1.807) is 30.5 Å². The number of carbonyl (C=O) groups excluding carboxylic acids is 1. The summed E-state index contributed by atoms with van der Waals surface area (Å²) in [5, 5.41) is 9.30. The van der Waals surface area contributed by atoms with E-state index in [-0.39, 0.29) is 17.8 Å². The number of aromatic nitrogens is 2. The quantitative estimate of drug-likeness (QED) is 0.361. The third-order valence-corrected chi connectivity index (χ3v) is 4.98. The van der Waals surface area contributed by atoms with Crippen molar-refractivity contribution < 1.29 is 4.79 Å². The SMILES string of the molecule is O=C(NN=Cc1cccc(Br)c1)c1nn(Cc2ccccc2)c(=O)c2ccccc12. The lowest BCUT2D eigenvalue weighted by atomic mass is 10.1. The van der Waals surface area contributed by atoms with Gasteiger partial charge in [0.05, 0.1) is 18.1 Å². The summed E-state index contributed by atoms with van der Waals surface area (Å²) in [4.78, 5) is 25.7. The Balaban J connectivity index is 1.67. The van der Waals surface area contributed by atoms with Gasteiger partial charge in [-0.2, -0.15) is 10.2 Å². The van der Waals surface area contributed by atoms with Crippen LogP contribution in [0.25, 0.3) is 10.8 Å². The van der Waals surface area contributed by atoms with E-state index in [0.717, 1.165) is 15.6 Å². The van der Waals surface area contributed by atoms with Crippen molar-refractivity contribution in [2.75, 3.05) is 0 Å². The molecule has 1 N–H and O–H groups in total. The van der Waals surface area contributed by atoms with Crippen molar-refractivity contribution in [3.8, 4) is 0 Å². The van der Waals surface area contributed by atoms with Crippen LogP contribution in [0.4, 0.5) is 0 Å². The molecule has 0 fully saturated rings. The number of hydrogen-bond donors (Lipinski definition) is 1. The highest BCUT2D eigenvalue weighted by Crippen LogP contribution is 2.14. The van der Waals surface area contributed by atoms with Gasteiger partial charge in [-0.3, -0.25) is 9.59 Å². The van der Waals surface area contributed by atoms with Gasteiger partial charge in [-0.1, -0.05) is 76.6 Å². The highest BCUT2D eigenvalue weighted by atomic mass is 79.9. The van der Waals surface area contributed by atoms with Crippen molar-refractivity contribution in [1.29, 1.82) is 0 Å². The molecule has 0 atom stereocenters. The highest BCUT2D eigenvalue weighted by Gasteiger charge is 2.16. The predicted octanol–water partition coefficient (Wildman–Crippen LogP) is 3.97. The van der Waals surface area contributed by atoms with Gasteiger partial charge < -0.3 is 0 Å². The number of fused-ring (bicyclic) bond motifs is 1. The minimum atomic E-state index is -0.487. The molecule has 1 amide bonds. The second-order valence-corrected chi connectivity index (χ2v) is 7.51. The first kappa shape index (κ1) is 19.7. The van der Waals surface area contributed by atoms with E-state index in [4.69, 9.17) is 0 Å². The molecular formula is C23H17BrN4O2.